The van der Waals surface area contributed by atoms with Crippen LogP contribution >= 0.6 is 11.8 Å². The first-order valence-electron chi connectivity index (χ1n) is 7.38. The Balaban J connectivity index is 1.68. The minimum Gasteiger partial charge on any atom is -0.337 e. The van der Waals surface area contributed by atoms with Crippen LogP contribution in [-0.4, -0.2) is 63.2 Å². The molecule has 1 aliphatic heterocycles. The van der Waals surface area contributed by atoms with Crippen LogP contribution in [0.4, 0.5) is 5.95 Å². The number of amides is 1. The lowest BCUT2D eigenvalue weighted by Crippen LogP contribution is -2.49. The zero-order chi connectivity index (χ0) is 16.2. The Labute approximate surface area is 139 Å². The lowest BCUT2D eigenvalue weighted by Gasteiger charge is -2.34. The van der Waals surface area contributed by atoms with Crippen LogP contribution in [0.5, 0.6) is 0 Å². The Hall–Kier alpha value is -2.22. The molecule has 7 nitrogen and oxygen atoms in total. The summed E-state index contributed by atoms with van der Waals surface area (Å²) in [6.07, 6.45) is 5.36. The van der Waals surface area contributed by atoms with Crippen molar-refractivity contribution in [2.24, 2.45) is 0 Å². The van der Waals surface area contributed by atoms with Crippen LogP contribution in [-0.2, 0) is 0 Å². The predicted molar refractivity (Wildman–Crippen MR) is 88.7 cm³/mol. The van der Waals surface area contributed by atoms with Gasteiger partial charge in [-0.2, -0.15) is 0 Å². The van der Waals surface area contributed by atoms with E-state index in [0.717, 1.165) is 18.8 Å². The van der Waals surface area contributed by atoms with Gasteiger partial charge < -0.3 is 9.80 Å². The smallest absolute Gasteiger partial charge is 0.272 e. The van der Waals surface area contributed by atoms with E-state index in [0.29, 0.717) is 29.9 Å². The normalized spacial score (nSPS) is 14.9. The van der Waals surface area contributed by atoms with Crippen LogP contribution in [0, 0.1) is 6.92 Å². The summed E-state index contributed by atoms with van der Waals surface area (Å²) in [7, 11) is 0. The van der Waals surface area contributed by atoms with Gasteiger partial charge in [-0.15, -0.1) is 0 Å². The van der Waals surface area contributed by atoms with Gasteiger partial charge in [0.1, 0.15) is 5.69 Å². The maximum absolute atomic E-state index is 12.6. The zero-order valence-electron chi connectivity index (χ0n) is 13.1. The zero-order valence-corrected chi connectivity index (χ0v) is 14.0. The predicted octanol–water partition coefficient (Wildman–Crippen LogP) is 1.26. The molecular weight excluding hydrogens is 312 g/mol. The first kappa shape index (κ1) is 15.7. The fourth-order valence-corrected chi connectivity index (χ4v) is 2.89. The maximum Gasteiger partial charge on any atom is 0.272 e. The van der Waals surface area contributed by atoms with Crippen molar-refractivity contribution in [3.63, 3.8) is 0 Å². The molecule has 0 spiro atoms. The molecule has 2 aromatic heterocycles. The summed E-state index contributed by atoms with van der Waals surface area (Å²) in [5.74, 6) is 0.668. The second-order valence-corrected chi connectivity index (χ2v) is 5.98. The Kier molecular flexibility index (Phi) is 4.71. The van der Waals surface area contributed by atoms with Crippen molar-refractivity contribution in [2.75, 3.05) is 37.3 Å². The summed E-state index contributed by atoms with van der Waals surface area (Å²) in [4.78, 5) is 33.7. The molecule has 1 saturated heterocycles. The minimum atomic E-state index is -0.0422. The third kappa shape index (κ3) is 3.58. The van der Waals surface area contributed by atoms with Gasteiger partial charge in [-0.3, -0.25) is 4.79 Å². The first-order chi connectivity index (χ1) is 11.2. The molecule has 0 atom stereocenters. The van der Waals surface area contributed by atoms with Crippen LogP contribution in [0.1, 0.15) is 16.2 Å². The average molecular weight is 330 g/mol. The van der Waals surface area contributed by atoms with Crippen molar-refractivity contribution in [2.45, 2.75) is 12.1 Å². The standard InChI is InChI=1S/C15H18N6OS/c1-11-10-12(19-15(18-11)23-2)13(22)20-6-8-21(9-7-20)14-16-4-3-5-17-14/h3-5,10H,6-9H2,1-2H3. The number of anilines is 1. The van der Waals surface area contributed by atoms with Crippen molar-refractivity contribution in [1.82, 2.24) is 24.8 Å². The quantitative estimate of drug-likeness (QED) is 0.619. The summed E-state index contributed by atoms with van der Waals surface area (Å²) in [6, 6.07) is 3.54. The van der Waals surface area contributed by atoms with E-state index in [-0.39, 0.29) is 5.91 Å². The highest BCUT2D eigenvalue weighted by Crippen LogP contribution is 2.15. The summed E-state index contributed by atoms with van der Waals surface area (Å²) in [5, 5.41) is 0.629. The first-order valence-corrected chi connectivity index (χ1v) is 8.61. The van der Waals surface area contributed by atoms with Gasteiger partial charge in [-0.25, -0.2) is 19.9 Å². The second-order valence-electron chi connectivity index (χ2n) is 5.21. The van der Waals surface area contributed by atoms with Crippen LogP contribution in [0.15, 0.2) is 29.7 Å². The second kappa shape index (κ2) is 6.91. The van der Waals surface area contributed by atoms with E-state index in [1.54, 1.807) is 24.5 Å². The van der Waals surface area contributed by atoms with Crippen molar-refractivity contribution in [3.8, 4) is 0 Å². The molecule has 2 aromatic rings. The average Bonchev–Trinajstić information content (AvgIpc) is 2.61. The fraction of sp³-hybridized carbons (Fsp3) is 0.400. The van der Waals surface area contributed by atoms with E-state index in [1.807, 2.05) is 18.1 Å². The van der Waals surface area contributed by atoms with E-state index in [2.05, 4.69) is 24.8 Å². The van der Waals surface area contributed by atoms with Crippen molar-refractivity contribution >= 4 is 23.6 Å². The molecule has 0 unspecified atom stereocenters. The molecule has 3 heterocycles. The number of hydrogen-bond acceptors (Lipinski definition) is 7. The van der Waals surface area contributed by atoms with E-state index in [1.165, 1.54) is 11.8 Å². The van der Waals surface area contributed by atoms with Gasteiger partial charge in [-0.1, -0.05) is 11.8 Å². The monoisotopic (exact) mass is 330 g/mol. The van der Waals surface area contributed by atoms with Gasteiger partial charge in [0, 0.05) is 44.3 Å². The van der Waals surface area contributed by atoms with E-state index in [4.69, 9.17) is 0 Å². The van der Waals surface area contributed by atoms with Crippen molar-refractivity contribution in [1.29, 1.82) is 0 Å². The Morgan fingerprint density at radius 2 is 1.83 bits per heavy atom. The molecular formula is C15H18N6OS. The molecule has 0 saturated carbocycles. The van der Waals surface area contributed by atoms with E-state index >= 15 is 0 Å². The topological polar surface area (TPSA) is 75.1 Å². The Morgan fingerprint density at radius 1 is 1.13 bits per heavy atom. The summed E-state index contributed by atoms with van der Waals surface area (Å²) in [6.45, 7) is 4.58. The molecule has 3 rings (SSSR count). The fourth-order valence-electron chi connectivity index (χ4n) is 2.47. The molecule has 0 aliphatic carbocycles. The number of carbonyl (C=O) groups excluding carboxylic acids is 1. The van der Waals surface area contributed by atoms with Crippen LogP contribution in [0.25, 0.3) is 0 Å². The van der Waals surface area contributed by atoms with Gasteiger partial charge >= 0.3 is 0 Å². The number of thioether (sulfide) groups is 1. The lowest BCUT2D eigenvalue weighted by atomic mass is 10.2. The summed E-state index contributed by atoms with van der Waals surface area (Å²) in [5.41, 5.74) is 1.27. The number of piperazine rings is 1. The molecule has 8 heteroatoms. The number of carbonyl (C=O) groups is 1. The van der Waals surface area contributed by atoms with E-state index < -0.39 is 0 Å². The Morgan fingerprint density at radius 3 is 2.48 bits per heavy atom. The molecule has 0 aromatic carbocycles. The number of rotatable bonds is 3. The van der Waals surface area contributed by atoms with Crippen LogP contribution < -0.4 is 4.90 Å². The highest BCUT2D eigenvalue weighted by molar-refractivity contribution is 7.98. The molecule has 23 heavy (non-hydrogen) atoms. The minimum absolute atomic E-state index is 0.0422. The van der Waals surface area contributed by atoms with Gasteiger partial charge in [0.2, 0.25) is 5.95 Å². The van der Waals surface area contributed by atoms with Gasteiger partial charge in [-0.05, 0) is 25.3 Å². The number of nitrogens with zero attached hydrogens (tertiary/aromatic N) is 6. The number of aryl methyl sites for hydroxylation is 1. The van der Waals surface area contributed by atoms with Gasteiger partial charge in [0.05, 0.1) is 0 Å². The molecule has 1 amide bonds. The van der Waals surface area contributed by atoms with Gasteiger partial charge in [0.15, 0.2) is 5.16 Å². The molecule has 1 aliphatic rings. The summed E-state index contributed by atoms with van der Waals surface area (Å²) < 4.78 is 0. The number of aromatic nitrogens is 4. The summed E-state index contributed by atoms with van der Waals surface area (Å²) >= 11 is 1.44. The van der Waals surface area contributed by atoms with Crippen molar-refractivity contribution in [3.05, 3.63) is 35.9 Å². The van der Waals surface area contributed by atoms with Crippen molar-refractivity contribution < 1.29 is 4.79 Å². The SMILES string of the molecule is CSc1nc(C)cc(C(=O)N2CCN(c3ncccn3)CC2)n1. The lowest BCUT2D eigenvalue weighted by molar-refractivity contribution is 0.0739. The van der Waals surface area contributed by atoms with Crippen LogP contribution in [0.2, 0.25) is 0 Å². The molecule has 0 radical (unpaired) electrons. The molecule has 0 bridgehead atoms. The molecule has 1 fully saturated rings. The highest BCUT2D eigenvalue weighted by atomic mass is 32.2. The third-order valence-corrected chi connectivity index (χ3v) is 4.18. The largest absolute Gasteiger partial charge is 0.337 e. The van der Waals surface area contributed by atoms with Crippen LogP contribution in [0.3, 0.4) is 0 Å². The number of hydrogen-bond donors (Lipinski definition) is 0. The Bertz CT molecular complexity index is 688. The molecule has 0 N–H and O–H groups in total. The van der Waals surface area contributed by atoms with E-state index in [9.17, 15) is 4.79 Å². The highest BCUT2D eigenvalue weighted by Gasteiger charge is 2.24. The molecule has 120 valence electrons. The van der Waals surface area contributed by atoms with Gasteiger partial charge in [0.25, 0.3) is 5.91 Å². The maximum atomic E-state index is 12.6. The third-order valence-electron chi connectivity index (χ3n) is 3.64.